The van der Waals surface area contributed by atoms with Crippen LogP contribution in [0.5, 0.6) is 0 Å². The maximum Gasteiger partial charge on any atom is 0.416 e. The Labute approximate surface area is 118 Å². The lowest BCUT2D eigenvalue weighted by Gasteiger charge is -2.20. The van der Waals surface area contributed by atoms with Gasteiger partial charge in [0.05, 0.1) is 5.56 Å². The van der Waals surface area contributed by atoms with Crippen LogP contribution >= 0.6 is 0 Å². The third-order valence-electron chi connectivity index (χ3n) is 4.49. The van der Waals surface area contributed by atoms with Crippen molar-refractivity contribution in [2.75, 3.05) is 0 Å². The van der Waals surface area contributed by atoms with Crippen LogP contribution < -0.4 is 5.73 Å². The Morgan fingerprint density at radius 1 is 1.30 bits per heavy atom. The second-order valence-corrected chi connectivity index (χ2v) is 5.91. The van der Waals surface area contributed by atoms with Gasteiger partial charge in [0.15, 0.2) is 0 Å². The van der Waals surface area contributed by atoms with Gasteiger partial charge >= 0.3 is 6.18 Å². The van der Waals surface area contributed by atoms with E-state index in [2.05, 4.69) is 6.92 Å². The summed E-state index contributed by atoms with van der Waals surface area (Å²) in [5.74, 6) is 1.20. The number of hydrogen-bond donors (Lipinski definition) is 1. The van der Waals surface area contributed by atoms with Crippen LogP contribution in [0.3, 0.4) is 0 Å². The highest BCUT2D eigenvalue weighted by Crippen LogP contribution is 2.35. The molecule has 2 N–H and O–H groups in total. The normalized spacial score (nSPS) is 24.9. The van der Waals surface area contributed by atoms with Crippen molar-refractivity contribution in [2.45, 2.75) is 51.2 Å². The van der Waals surface area contributed by atoms with Crippen LogP contribution in [0.2, 0.25) is 0 Å². The van der Waals surface area contributed by atoms with E-state index < -0.39 is 11.7 Å². The summed E-state index contributed by atoms with van der Waals surface area (Å²) in [6.07, 6.45) is 0.866. The highest BCUT2D eigenvalue weighted by Gasteiger charge is 2.31. The van der Waals surface area contributed by atoms with E-state index in [9.17, 15) is 13.2 Å². The van der Waals surface area contributed by atoms with Crippen molar-refractivity contribution in [3.8, 4) is 0 Å². The van der Waals surface area contributed by atoms with E-state index in [1.165, 1.54) is 25.0 Å². The van der Waals surface area contributed by atoms with Crippen LogP contribution in [-0.2, 0) is 12.6 Å². The van der Waals surface area contributed by atoms with E-state index in [0.29, 0.717) is 17.9 Å². The molecule has 112 valence electrons. The molecular weight excluding hydrogens is 263 g/mol. The Bertz CT molecular complexity index is 442. The van der Waals surface area contributed by atoms with E-state index in [4.69, 9.17) is 5.73 Å². The van der Waals surface area contributed by atoms with Gasteiger partial charge in [0, 0.05) is 6.04 Å². The SMILES string of the molecule is CCC1CCC(C(N)Cc2cccc(C(F)(F)F)c2)C1. The van der Waals surface area contributed by atoms with Gasteiger partial charge in [0.1, 0.15) is 0 Å². The van der Waals surface area contributed by atoms with Crippen LogP contribution in [0.4, 0.5) is 13.2 Å². The van der Waals surface area contributed by atoms with E-state index in [1.807, 2.05) is 0 Å². The van der Waals surface area contributed by atoms with Gasteiger partial charge in [-0.15, -0.1) is 0 Å². The molecule has 2 rings (SSSR count). The average molecular weight is 285 g/mol. The van der Waals surface area contributed by atoms with E-state index in [0.717, 1.165) is 24.8 Å². The zero-order valence-corrected chi connectivity index (χ0v) is 11.8. The fourth-order valence-corrected chi connectivity index (χ4v) is 3.19. The van der Waals surface area contributed by atoms with Crippen molar-refractivity contribution in [3.63, 3.8) is 0 Å². The zero-order valence-electron chi connectivity index (χ0n) is 11.8. The Balaban J connectivity index is 1.99. The Kier molecular flexibility index (Phi) is 4.74. The van der Waals surface area contributed by atoms with Crippen LogP contribution in [0.1, 0.15) is 43.7 Å². The summed E-state index contributed by atoms with van der Waals surface area (Å²) in [7, 11) is 0. The quantitative estimate of drug-likeness (QED) is 0.871. The molecule has 3 atom stereocenters. The first-order valence-corrected chi connectivity index (χ1v) is 7.32. The van der Waals surface area contributed by atoms with Crippen molar-refractivity contribution in [2.24, 2.45) is 17.6 Å². The lowest BCUT2D eigenvalue weighted by Crippen LogP contribution is -2.31. The molecule has 1 aromatic rings. The van der Waals surface area contributed by atoms with Crippen LogP contribution in [0.15, 0.2) is 24.3 Å². The van der Waals surface area contributed by atoms with Crippen molar-refractivity contribution >= 4 is 0 Å². The summed E-state index contributed by atoms with van der Waals surface area (Å²) >= 11 is 0. The molecule has 20 heavy (non-hydrogen) atoms. The van der Waals surface area contributed by atoms with Gasteiger partial charge in [0.2, 0.25) is 0 Å². The standard InChI is InChI=1S/C16H22F3N/c1-2-11-6-7-13(8-11)15(20)10-12-4-3-5-14(9-12)16(17,18)19/h3-5,9,11,13,15H,2,6-8,10,20H2,1H3. The maximum atomic E-state index is 12.7. The van der Waals surface area contributed by atoms with Crippen molar-refractivity contribution in [3.05, 3.63) is 35.4 Å². The minimum Gasteiger partial charge on any atom is -0.327 e. The molecule has 0 heterocycles. The van der Waals surface area contributed by atoms with Gasteiger partial charge in [-0.3, -0.25) is 0 Å². The van der Waals surface area contributed by atoms with Crippen LogP contribution in [-0.4, -0.2) is 6.04 Å². The molecule has 1 saturated carbocycles. The third-order valence-corrected chi connectivity index (χ3v) is 4.49. The molecule has 0 aliphatic heterocycles. The summed E-state index contributed by atoms with van der Waals surface area (Å²) in [6, 6.07) is 5.51. The van der Waals surface area contributed by atoms with Gasteiger partial charge in [-0.1, -0.05) is 38.0 Å². The largest absolute Gasteiger partial charge is 0.416 e. The number of rotatable bonds is 4. The van der Waals surface area contributed by atoms with E-state index in [1.54, 1.807) is 6.07 Å². The summed E-state index contributed by atoms with van der Waals surface area (Å²) < 4.78 is 38.0. The van der Waals surface area contributed by atoms with E-state index >= 15 is 0 Å². The molecule has 0 radical (unpaired) electrons. The van der Waals surface area contributed by atoms with Crippen LogP contribution in [0, 0.1) is 11.8 Å². The molecule has 0 aromatic heterocycles. The van der Waals surface area contributed by atoms with E-state index in [-0.39, 0.29) is 6.04 Å². The number of nitrogens with two attached hydrogens (primary N) is 1. The fraction of sp³-hybridized carbons (Fsp3) is 0.625. The first-order chi connectivity index (χ1) is 9.40. The molecule has 1 aliphatic carbocycles. The van der Waals surface area contributed by atoms with Crippen molar-refractivity contribution < 1.29 is 13.2 Å². The van der Waals surface area contributed by atoms with Crippen molar-refractivity contribution in [1.82, 2.24) is 0 Å². The molecule has 1 nitrogen and oxygen atoms in total. The molecule has 1 fully saturated rings. The van der Waals surface area contributed by atoms with Gasteiger partial charge < -0.3 is 5.73 Å². The lowest BCUT2D eigenvalue weighted by atomic mass is 9.91. The molecule has 1 aliphatic rings. The summed E-state index contributed by atoms with van der Waals surface area (Å²) in [5, 5.41) is 0. The molecule has 0 bridgehead atoms. The third kappa shape index (κ3) is 3.75. The fourth-order valence-electron chi connectivity index (χ4n) is 3.19. The molecule has 1 aromatic carbocycles. The first-order valence-electron chi connectivity index (χ1n) is 7.32. The first kappa shape index (κ1) is 15.4. The molecule has 0 amide bonds. The minimum absolute atomic E-state index is 0.0324. The second kappa shape index (κ2) is 6.17. The summed E-state index contributed by atoms with van der Waals surface area (Å²) in [4.78, 5) is 0. The predicted molar refractivity (Wildman–Crippen MR) is 74.2 cm³/mol. The Morgan fingerprint density at radius 2 is 2.05 bits per heavy atom. The van der Waals surface area contributed by atoms with Crippen molar-refractivity contribution in [1.29, 1.82) is 0 Å². The Hall–Kier alpha value is -1.03. The zero-order chi connectivity index (χ0) is 14.8. The summed E-state index contributed by atoms with van der Waals surface area (Å²) in [5.41, 5.74) is 6.31. The Morgan fingerprint density at radius 3 is 2.65 bits per heavy atom. The number of alkyl halides is 3. The van der Waals surface area contributed by atoms with Gasteiger partial charge in [0.25, 0.3) is 0 Å². The maximum absolute atomic E-state index is 12.7. The van der Waals surface area contributed by atoms with Crippen LogP contribution in [0.25, 0.3) is 0 Å². The molecule has 0 spiro atoms. The highest BCUT2D eigenvalue weighted by molar-refractivity contribution is 5.26. The van der Waals surface area contributed by atoms with Gasteiger partial charge in [-0.2, -0.15) is 13.2 Å². The molecule has 3 unspecified atom stereocenters. The number of halogens is 3. The second-order valence-electron chi connectivity index (χ2n) is 5.91. The minimum atomic E-state index is -4.28. The smallest absolute Gasteiger partial charge is 0.327 e. The molecule has 0 saturated heterocycles. The number of benzene rings is 1. The molecule has 4 heteroatoms. The average Bonchev–Trinajstić information content (AvgIpc) is 2.87. The van der Waals surface area contributed by atoms with Gasteiger partial charge in [-0.05, 0) is 42.7 Å². The predicted octanol–water partition coefficient (Wildman–Crippen LogP) is 4.40. The summed E-state index contributed by atoms with van der Waals surface area (Å²) in [6.45, 7) is 2.19. The van der Waals surface area contributed by atoms with Gasteiger partial charge in [-0.25, -0.2) is 0 Å². The monoisotopic (exact) mass is 285 g/mol. The highest BCUT2D eigenvalue weighted by atomic mass is 19.4. The number of hydrogen-bond acceptors (Lipinski definition) is 1. The molecular formula is C16H22F3N. The topological polar surface area (TPSA) is 26.0 Å². The lowest BCUT2D eigenvalue weighted by molar-refractivity contribution is -0.137.